The van der Waals surface area contributed by atoms with E-state index in [1.807, 2.05) is 0 Å². The maximum atomic E-state index is 12.4. The first kappa shape index (κ1) is 18.5. The summed E-state index contributed by atoms with van der Waals surface area (Å²) in [6.07, 6.45) is 0. The van der Waals surface area contributed by atoms with Crippen molar-refractivity contribution in [2.24, 2.45) is 0 Å². The number of phenols is 1. The summed E-state index contributed by atoms with van der Waals surface area (Å²) in [7, 11) is 0. The number of carbonyl (C=O) groups is 1. The molecule has 136 valence electrons. The van der Waals surface area contributed by atoms with Crippen LogP contribution in [0.2, 0.25) is 5.02 Å². The van der Waals surface area contributed by atoms with Crippen molar-refractivity contribution >= 4 is 28.5 Å². The Morgan fingerprint density at radius 2 is 1.93 bits per heavy atom. The number of amides is 1. The molecule has 1 heterocycles. The maximum Gasteiger partial charge on any atom is 0.352 e. The molecule has 3 rings (SSSR count). The molecule has 2 aromatic carbocycles. The molecule has 0 bridgehead atoms. The Labute approximate surface area is 159 Å². The molecule has 7 heteroatoms. The van der Waals surface area contributed by atoms with Crippen LogP contribution in [-0.4, -0.2) is 22.7 Å². The average molecular weight is 384 g/mol. The van der Waals surface area contributed by atoms with Gasteiger partial charge in [0.25, 0.3) is 5.91 Å². The lowest BCUT2D eigenvalue weighted by Gasteiger charge is -2.09. The Bertz CT molecular complexity index is 1120. The van der Waals surface area contributed by atoms with Crippen molar-refractivity contribution in [2.75, 3.05) is 6.61 Å². The van der Waals surface area contributed by atoms with Crippen LogP contribution < -0.4 is 10.9 Å². The molecule has 0 aliphatic heterocycles. The highest BCUT2D eigenvalue weighted by molar-refractivity contribution is 6.30. The van der Waals surface area contributed by atoms with Gasteiger partial charge in [-0.1, -0.05) is 35.6 Å². The molecule has 0 atom stereocenters. The van der Waals surface area contributed by atoms with E-state index in [2.05, 4.69) is 17.2 Å². The van der Waals surface area contributed by atoms with E-state index >= 15 is 0 Å². The van der Waals surface area contributed by atoms with Crippen LogP contribution in [0.3, 0.4) is 0 Å². The number of aliphatic hydroxyl groups excluding tert-OH is 1. The summed E-state index contributed by atoms with van der Waals surface area (Å²) >= 11 is 5.83. The number of carbonyl (C=O) groups excluding carboxylic acids is 1. The Morgan fingerprint density at radius 3 is 2.63 bits per heavy atom. The number of rotatable bonds is 3. The van der Waals surface area contributed by atoms with Crippen LogP contribution in [0.15, 0.2) is 51.7 Å². The van der Waals surface area contributed by atoms with Crippen molar-refractivity contribution < 1.29 is 19.4 Å². The summed E-state index contributed by atoms with van der Waals surface area (Å²) in [4.78, 5) is 24.3. The molecule has 0 unspecified atom stereocenters. The second-order valence-corrected chi connectivity index (χ2v) is 6.03. The van der Waals surface area contributed by atoms with Gasteiger partial charge in [-0.05, 0) is 35.9 Å². The number of phenolic OH excluding ortho intramolecular Hbond substituents is 1. The Hall–Kier alpha value is -3.27. The number of hydrogen-bond acceptors (Lipinski definition) is 5. The number of halogens is 1. The molecule has 3 aromatic rings. The van der Waals surface area contributed by atoms with Crippen LogP contribution in [-0.2, 0) is 6.54 Å². The van der Waals surface area contributed by atoms with Crippen molar-refractivity contribution in [2.45, 2.75) is 6.54 Å². The quantitative estimate of drug-likeness (QED) is 0.476. The summed E-state index contributed by atoms with van der Waals surface area (Å²) in [6, 6.07) is 11.1. The van der Waals surface area contributed by atoms with Gasteiger partial charge < -0.3 is 19.9 Å². The third-order valence-electron chi connectivity index (χ3n) is 3.80. The monoisotopic (exact) mass is 383 g/mol. The number of benzene rings is 2. The van der Waals surface area contributed by atoms with E-state index in [1.54, 1.807) is 24.3 Å². The van der Waals surface area contributed by atoms with Gasteiger partial charge in [0.15, 0.2) is 0 Å². The lowest BCUT2D eigenvalue weighted by Crippen LogP contribution is -2.22. The standard InChI is InChI=1S/C20H14ClNO5/c21-14-5-3-12(4-6-14)11-22-19(25)15-7-8-17-16(18(15)24)10-13(2-1-9-23)20(26)27-17/h3-8,10,23-24H,9,11H2,(H,22,25). The van der Waals surface area contributed by atoms with E-state index in [4.69, 9.17) is 21.1 Å². The summed E-state index contributed by atoms with van der Waals surface area (Å²) in [6.45, 7) is -0.165. The zero-order valence-corrected chi connectivity index (χ0v) is 14.7. The van der Waals surface area contributed by atoms with Crippen LogP contribution in [0.4, 0.5) is 0 Å². The molecule has 3 N–H and O–H groups in total. The molecule has 0 saturated carbocycles. The highest BCUT2D eigenvalue weighted by Gasteiger charge is 2.16. The highest BCUT2D eigenvalue weighted by atomic mass is 35.5. The average Bonchev–Trinajstić information content (AvgIpc) is 2.66. The zero-order valence-electron chi connectivity index (χ0n) is 14.0. The summed E-state index contributed by atoms with van der Waals surface area (Å²) in [5, 5.41) is 22.7. The molecule has 27 heavy (non-hydrogen) atoms. The van der Waals surface area contributed by atoms with Crippen LogP contribution in [0.25, 0.3) is 11.0 Å². The Balaban J connectivity index is 1.90. The predicted octanol–water partition coefficient (Wildman–Crippen LogP) is 2.43. The first-order chi connectivity index (χ1) is 13.0. The van der Waals surface area contributed by atoms with Crippen LogP contribution in [0.1, 0.15) is 21.5 Å². The molecular formula is C20H14ClNO5. The van der Waals surface area contributed by atoms with Crippen LogP contribution >= 0.6 is 11.6 Å². The van der Waals surface area contributed by atoms with Gasteiger partial charge in [-0.15, -0.1) is 0 Å². The van der Waals surface area contributed by atoms with Crippen molar-refractivity contribution in [3.05, 3.63) is 74.6 Å². The van der Waals surface area contributed by atoms with Gasteiger partial charge >= 0.3 is 5.63 Å². The van der Waals surface area contributed by atoms with Gasteiger partial charge in [-0.3, -0.25) is 4.79 Å². The first-order valence-electron chi connectivity index (χ1n) is 7.92. The fraction of sp³-hybridized carbons (Fsp3) is 0.100. The molecule has 0 saturated heterocycles. The van der Waals surface area contributed by atoms with E-state index in [1.165, 1.54) is 18.2 Å². The van der Waals surface area contributed by atoms with Gasteiger partial charge in [0.2, 0.25) is 0 Å². The smallest absolute Gasteiger partial charge is 0.352 e. The lowest BCUT2D eigenvalue weighted by molar-refractivity contribution is 0.0948. The normalized spacial score (nSPS) is 10.3. The van der Waals surface area contributed by atoms with Crippen molar-refractivity contribution in [3.8, 4) is 17.6 Å². The third-order valence-corrected chi connectivity index (χ3v) is 4.05. The van der Waals surface area contributed by atoms with Crippen molar-refractivity contribution in [1.82, 2.24) is 5.32 Å². The summed E-state index contributed by atoms with van der Waals surface area (Å²) in [5.74, 6) is 3.99. The molecule has 1 amide bonds. The summed E-state index contributed by atoms with van der Waals surface area (Å²) < 4.78 is 5.10. The Kier molecular flexibility index (Phi) is 5.46. The topological polar surface area (TPSA) is 99.8 Å². The molecular weight excluding hydrogens is 370 g/mol. The second-order valence-electron chi connectivity index (χ2n) is 5.59. The molecule has 6 nitrogen and oxygen atoms in total. The maximum absolute atomic E-state index is 12.4. The lowest BCUT2D eigenvalue weighted by atomic mass is 10.1. The SMILES string of the molecule is O=C(NCc1ccc(Cl)cc1)c1ccc2oc(=O)c(C#CCO)cc2c1O. The number of fused-ring (bicyclic) bond motifs is 1. The zero-order chi connectivity index (χ0) is 19.4. The van der Waals surface area contributed by atoms with E-state index in [9.17, 15) is 14.7 Å². The number of aromatic hydroxyl groups is 1. The number of hydrogen-bond donors (Lipinski definition) is 3. The largest absolute Gasteiger partial charge is 0.506 e. The minimum absolute atomic E-state index is 0.0226. The minimum atomic E-state index is -0.692. The molecule has 1 aromatic heterocycles. The van der Waals surface area contributed by atoms with Crippen LogP contribution in [0, 0.1) is 11.8 Å². The summed E-state index contributed by atoms with van der Waals surface area (Å²) in [5.41, 5.74) is 0.293. The van der Waals surface area contributed by atoms with E-state index in [0.717, 1.165) is 5.56 Å². The molecule has 0 fully saturated rings. The predicted molar refractivity (Wildman–Crippen MR) is 101 cm³/mol. The third kappa shape index (κ3) is 4.11. The van der Waals surface area contributed by atoms with Gasteiger partial charge in [-0.25, -0.2) is 4.79 Å². The molecule has 0 radical (unpaired) electrons. The fourth-order valence-electron chi connectivity index (χ4n) is 2.46. The van der Waals surface area contributed by atoms with E-state index in [0.29, 0.717) is 5.02 Å². The minimum Gasteiger partial charge on any atom is -0.506 e. The van der Waals surface area contributed by atoms with Gasteiger partial charge in [0.05, 0.1) is 10.9 Å². The van der Waals surface area contributed by atoms with Crippen molar-refractivity contribution in [1.29, 1.82) is 0 Å². The fourth-order valence-corrected chi connectivity index (χ4v) is 2.59. The van der Waals surface area contributed by atoms with Crippen LogP contribution in [0.5, 0.6) is 5.75 Å². The molecule has 0 spiro atoms. The van der Waals surface area contributed by atoms with E-state index < -0.39 is 18.1 Å². The highest BCUT2D eigenvalue weighted by Crippen LogP contribution is 2.28. The second kappa shape index (κ2) is 7.96. The van der Waals surface area contributed by atoms with Gasteiger partial charge in [0.1, 0.15) is 23.5 Å². The Morgan fingerprint density at radius 1 is 1.19 bits per heavy atom. The van der Waals surface area contributed by atoms with Crippen molar-refractivity contribution in [3.63, 3.8) is 0 Å². The van der Waals surface area contributed by atoms with Gasteiger partial charge in [-0.2, -0.15) is 0 Å². The molecule has 0 aliphatic rings. The number of aliphatic hydroxyl groups is 1. The first-order valence-corrected chi connectivity index (χ1v) is 8.29. The molecule has 0 aliphatic carbocycles. The van der Waals surface area contributed by atoms with E-state index in [-0.39, 0.29) is 34.4 Å². The van der Waals surface area contributed by atoms with Gasteiger partial charge in [0, 0.05) is 11.6 Å². The number of nitrogens with one attached hydrogen (secondary N) is 1.